The maximum atomic E-state index is 11.5. The molecule has 0 aliphatic carbocycles. The summed E-state index contributed by atoms with van der Waals surface area (Å²) >= 11 is 5.65. The molecule has 1 aromatic carbocycles. The van der Waals surface area contributed by atoms with Crippen molar-refractivity contribution in [2.75, 3.05) is 0 Å². The predicted octanol–water partition coefficient (Wildman–Crippen LogP) is 2.91. The number of benzene rings is 1. The molecule has 0 saturated carbocycles. The summed E-state index contributed by atoms with van der Waals surface area (Å²) in [4.78, 5) is 3.47. The third kappa shape index (κ3) is 1.39. The van der Waals surface area contributed by atoms with E-state index in [1.54, 1.807) is 6.07 Å². The van der Waals surface area contributed by atoms with Crippen LogP contribution in [0.1, 0.15) is 5.56 Å². The summed E-state index contributed by atoms with van der Waals surface area (Å²) in [6, 6.07) is 4.63. The average Bonchev–Trinajstić information content (AvgIpc) is 1.95. The van der Waals surface area contributed by atoms with Crippen molar-refractivity contribution in [3.05, 3.63) is 28.8 Å². The minimum absolute atomic E-state index is 0.135. The molecule has 0 spiro atoms. The highest BCUT2D eigenvalue weighted by molar-refractivity contribution is 6.31. The Morgan fingerprint density at radius 2 is 2.20 bits per heavy atom. The summed E-state index contributed by atoms with van der Waals surface area (Å²) in [5, 5.41) is 0.509. The minimum Gasteiger partial charge on any atom is -0.294 e. The molecule has 3 heteroatoms. The highest BCUT2D eigenvalue weighted by Crippen LogP contribution is 2.21. The van der Waals surface area contributed by atoms with Crippen molar-refractivity contribution in [2.45, 2.75) is 6.92 Å². The van der Waals surface area contributed by atoms with Gasteiger partial charge in [-0.25, -0.2) is 0 Å². The van der Waals surface area contributed by atoms with Gasteiger partial charge in [0.05, 0.1) is 0 Å². The van der Waals surface area contributed by atoms with Gasteiger partial charge in [-0.3, -0.25) is 4.94 Å². The van der Waals surface area contributed by atoms with Gasteiger partial charge in [-0.15, -0.1) is 0 Å². The molecule has 0 saturated heterocycles. The second kappa shape index (κ2) is 2.88. The summed E-state index contributed by atoms with van der Waals surface area (Å²) in [6.07, 6.45) is 0. The molecular weight excluding hydrogens is 155 g/mol. The van der Waals surface area contributed by atoms with Crippen LogP contribution in [0.15, 0.2) is 18.2 Å². The average molecular weight is 161 g/mol. The molecule has 0 aliphatic rings. The van der Waals surface area contributed by atoms with E-state index in [-0.39, 0.29) is 5.75 Å². The van der Waals surface area contributed by atoms with Crippen LogP contribution in [0.2, 0.25) is 5.02 Å². The van der Waals surface area contributed by atoms with Gasteiger partial charge in [0.1, 0.15) is 0 Å². The summed E-state index contributed by atoms with van der Waals surface area (Å²) in [5.74, 6) is 0.135. The van der Waals surface area contributed by atoms with Gasteiger partial charge in [-0.05, 0) is 18.6 Å². The van der Waals surface area contributed by atoms with E-state index in [1.165, 1.54) is 12.1 Å². The van der Waals surface area contributed by atoms with E-state index in [2.05, 4.69) is 4.94 Å². The molecule has 1 rings (SSSR count). The zero-order chi connectivity index (χ0) is 7.56. The van der Waals surface area contributed by atoms with Crippen molar-refractivity contribution in [3.63, 3.8) is 0 Å². The molecule has 54 valence electrons. The number of hydrogen-bond donors (Lipinski definition) is 0. The molecular formula is C7H6ClFO. The Bertz CT molecular complexity index is 237. The summed E-state index contributed by atoms with van der Waals surface area (Å²) in [6.45, 7) is 1.84. The Labute approximate surface area is 63.3 Å². The van der Waals surface area contributed by atoms with Crippen molar-refractivity contribution in [3.8, 4) is 5.75 Å². The standard InChI is InChI=1S/C7H6ClFO/c1-5-2-3-6(10-9)4-7(5)8/h2-4H,1H3. The Morgan fingerprint density at radius 3 is 2.70 bits per heavy atom. The van der Waals surface area contributed by atoms with E-state index >= 15 is 0 Å². The predicted molar refractivity (Wildman–Crippen MR) is 37.9 cm³/mol. The van der Waals surface area contributed by atoms with Crippen LogP contribution in [0.25, 0.3) is 0 Å². The minimum atomic E-state index is 0.135. The van der Waals surface area contributed by atoms with Gasteiger partial charge in [-0.2, -0.15) is 0 Å². The molecule has 0 amide bonds. The lowest BCUT2D eigenvalue weighted by Gasteiger charge is -1.97. The Hall–Kier alpha value is -0.760. The van der Waals surface area contributed by atoms with Crippen LogP contribution in [0.3, 0.4) is 0 Å². The van der Waals surface area contributed by atoms with Crippen molar-refractivity contribution in [1.82, 2.24) is 0 Å². The number of hydrogen-bond acceptors (Lipinski definition) is 1. The highest BCUT2D eigenvalue weighted by Gasteiger charge is 1.97. The third-order valence-corrected chi connectivity index (χ3v) is 1.64. The largest absolute Gasteiger partial charge is 0.294 e. The van der Waals surface area contributed by atoms with Gasteiger partial charge in [0.2, 0.25) is 0 Å². The van der Waals surface area contributed by atoms with Crippen molar-refractivity contribution in [1.29, 1.82) is 0 Å². The van der Waals surface area contributed by atoms with E-state index in [0.29, 0.717) is 5.02 Å². The molecule has 0 radical (unpaired) electrons. The molecule has 0 aliphatic heterocycles. The van der Waals surface area contributed by atoms with E-state index in [9.17, 15) is 4.53 Å². The van der Waals surface area contributed by atoms with Crippen LogP contribution in [0.4, 0.5) is 4.53 Å². The fourth-order valence-electron chi connectivity index (χ4n) is 0.622. The Balaban J connectivity index is 3.04. The van der Waals surface area contributed by atoms with Crippen molar-refractivity contribution in [2.24, 2.45) is 0 Å². The second-order valence-electron chi connectivity index (χ2n) is 1.99. The van der Waals surface area contributed by atoms with Crippen LogP contribution < -0.4 is 4.94 Å². The maximum Gasteiger partial charge on any atom is 0.173 e. The van der Waals surface area contributed by atoms with Gasteiger partial charge < -0.3 is 0 Å². The molecule has 0 bridgehead atoms. The smallest absolute Gasteiger partial charge is 0.173 e. The lowest BCUT2D eigenvalue weighted by atomic mass is 10.2. The summed E-state index contributed by atoms with van der Waals surface area (Å²) in [7, 11) is 0. The number of aryl methyl sites for hydroxylation is 1. The fourth-order valence-corrected chi connectivity index (χ4v) is 0.792. The molecule has 1 aromatic rings. The van der Waals surface area contributed by atoms with Crippen LogP contribution in [-0.2, 0) is 0 Å². The lowest BCUT2D eigenvalue weighted by molar-refractivity contribution is -0.00620. The van der Waals surface area contributed by atoms with Crippen molar-refractivity contribution >= 4 is 11.6 Å². The Morgan fingerprint density at radius 1 is 1.50 bits per heavy atom. The zero-order valence-electron chi connectivity index (χ0n) is 5.40. The fraction of sp³-hybridized carbons (Fsp3) is 0.143. The van der Waals surface area contributed by atoms with E-state index in [1.807, 2.05) is 6.92 Å². The third-order valence-electron chi connectivity index (χ3n) is 1.23. The quantitative estimate of drug-likeness (QED) is 0.614. The SMILES string of the molecule is Cc1ccc(OF)cc1Cl. The molecule has 0 unspecified atom stereocenters. The second-order valence-corrected chi connectivity index (χ2v) is 2.40. The maximum absolute atomic E-state index is 11.5. The summed E-state index contributed by atoms with van der Waals surface area (Å²) in [5.41, 5.74) is 0.905. The van der Waals surface area contributed by atoms with Gasteiger partial charge in [0, 0.05) is 15.6 Å². The molecule has 0 N–H and O–H groups in total. The molecule has 0 fully saturated rings. The van der Waals surface area contributed by atoms with Crippen LogP contribution in [0.5, 0.6) is 5.75 Å². The van der Waals surface area contributed by atoms with Crippen LogP contribution >= 0.6 is 11.6 Å². The first-order valence-corrected chi connectivity index (χ1v) is 3.16. The van der Waals surface area contributed by atoms with Gasteiger partial charge >= 0.3 is 0 Å². The molecule has 1 nitrogen and oxygen atoms in total. The van der Waals surface area contributed by atoms with Gasteiger partial charge in [-0.1, -0.05) is 17.7 Å². The van der Waals surface area contributed by atoms with E-state index < -0.39 is 0 Å². The topological polar surface area (TPSA) is 9.23 Å². The number of rotatable bonds is 1. The monoisotopic (exact) mass is 160 g/mol. The normalized spacial score (nSPS) is 9.50. The van der Waals surface area contributed by atoms with Crippen LogP contribution in [-0.4, -0.2) is 0 Å². The first kappa shape index (κ1) is 7.35. The van der Waals surface area contributed by atoms with Crippen LogP contribution in [0, 0.1) is 6.92 Å². The molecule has 0 heterocycles. The van der Waals surface area contributed by atoms with E-state index in [0.717, 1.165) is 5.56 Å². The zero-order valence-corrected chi connectivity index (χ0v) is 6.15. The van der Waals surface area contributed by atoms with Gasteiger partial charge in [0.25, 0.3) is 0 Å². The highest BCUT2D eigenvalue weighted by atomic mass is 35.5. The van der Waals surface area contributed by atoms with Gasteiger partial charge in [0.15, 0.2) is 5.75 Å². The Kier molecular flexibility index (Phi) is 2.12. The molecule has 0 aromatic heterocycles. The first-order chi connectivity index (χ1) is 4.74. The first-order valence-electron chi connectivity index (χ1n) is 2.79. The van der Waals surface area contributed by atoms with E-state index in [4.69, 9.17) is 11.6 Å². The molecule has 10 heavy (non-hydrogen) atoms. The van der Waals surface area contributed by atoms with Crippen molar-refractivity contribution < 1.29 is 9.47 Å². The summed E-state index contributed by atoms with van der Waals surface area (Å²) < 4.78 is 11.5. The lowest BCUT2D eigenvalue weighted by Crippen LogP contribution is -1.78. The molecule has 0 atom stereocenters. The number of halogens is 2.